The first-order valence-corrected chi connectivity index (χ1v) is 12.0. The zero-order chi connectivity index (χ0) is 23.5. The van der Waals surface area contributed by atoms with Crippen LogP contribution < -0.4 is 5.32 Å². The molecule has 1 amide bonds. The topological polar surface area (TPSA) is 58.6 Å². The van der Waals surface area contributed by atoms with Gasteiger partial charge in [-0.15, -0.1) is 0 Å². The second-order valence-electron chi connectivity index (χ2n) is 8.94. The molecule has 2 aliphatic rings. The van der Waals surface area contributed by atoms with E-state index in [4.69, 9.17) is 16.3 Å². The standard InChI is InChI=1S/C28H27ClN2O3/c29-24-11-10-23(19-25(24)30-27(33)28(12-13-28)31-14-16-34-17-15-31)26(32)18-20-6-8-22(9-7-20)21-4-2-1-3-5-21/h1-11,19H,12-18H2,(H,30,33). The Morgan fingerprint density at radius 3 is 2.26 bits per heavy atom. The third kappa shape index (κ3) is 4.78. The molecule has 3 aromatic rings. The van der Waals surface area contributed by atoms with Crippen LogP contribution in [0.1, 0.15) is 28.8 Å². The molecule has 1 saturated heterocycles. The van der Waals surface area contributed by atoms with E-state index < -0.39 is 5.54 Å². The molecular weight excluding hydrogens is 448 g/mol. The lowest BCUT2D eigenvalue weighted by Gasteiger charge is -2.33. The second-order valence-corrected chi connectivity index (χ2v) is 9.35. The molecule has 1 aliphatic heterocycles. The molecule has 5 nitrogen and oxygen atoms in total. The number of nitrogens with zero attached hydrogens (tertiary/aromatic N) is 1. The van der Waals surface area contributed by atoms with E-state index in [1.54, 1.807) is 18.2 Å². The van der Waals surface area contributed by atoms with Crippen LogP contribution in [0, 0.1) is 0 Å². The second kappa shape index (κ2) is 9.71. The maximum absolute atomic E-state index is 13.1. The first-order chi connectivity index (χ1) is 16.5. The lowest BCUT2D eigenvalue weighted by Crippen LogP contribution is -2.51. The van der Waals surface area contributed by atoms with Gasteiger partial charge in [-0.2, -0.15) is 0 Å². The van der Waals surface area contributed by atoms with Crippen LogP contribution in [0.25, 0.3) is 11.1 Å². The predicted octanol–water partition coefficient (Wildman–Crippen LogP) is 5.24. The van der Waals surface area contributed by atoms with Gasteiger partial charge in [-0.3, -0.25) is 14.5 Å². The highest BCUT2D eigenvalue weighted by Crippen LogP contribution is 2.43. The van der Waals surface area contributed by atoms with Crippen molar-refractivity contribution < 1.29 is 14.3 Å². The van der Waals surface area contributed by atoms with E-state index in [1.165, 1.54) is 0 Å². The van der Waals surface area contributed by atoms with Gasteiger partial charge in [0.25, 0.3) is 0 Å². The molecule has 1 aliphatic carbocycles. The monoisotopic (exact) mass is 474 g/mol. The van der Waals surface area contributed by atoms with Crippen molar-refractivity contribution >= 4 is 29.0 Å². The summed E-state index contributed by atoms with van der Waals surface area (Å²) in [7, 11) is 0. The number of halogens is 1. The van der Waals surface area contributed by atoms with Crippen LogP contribution in [0.3, 0.4) is 0 Å². The van der Waals surface area contributed by atoms with Crippen molar-refractivity contribution in [3.05, 3.63) is 88.9 Å². The van der Waals surface area contributed by atoms with Crippen molar-refractivity contribution in [3.8, 4) is 11.1 Å². The molecule has 1 heterocycles. The minimum absolute atomic E-state index is 0.0195. The van der Waals surface area contributed by atoms with Crippen molar-refractivity contribution in [1.82, 2.24) is 4.90 Å². The van der Waals surface area contributed by atoms with Crippen LogP contribution >= 0.6 is 11.6 Å². The third-order valence-corrected chi connectivity index (χ3v) is 7.05. The first-order valence-electron chi connectivity index (χ1n) is 11.7. The summed E-state index contributed by atoms with van der Waals surface area (Å²) < 4.78 is 5.43. The van der Waals surface area contributed by atoms with Gasteiger partial charge in [-0.25, -0.2) is 0 Å². The molecule has 34 heavy (non-hydrogen) atoms. The lowest BCUT2D eigenvalue weighted by molar-refractivity contribution is -0.124. The van der Waals surface area contributed by atoms with Gasteiger partial charge < -0.3 is 10.1 Å². The number of ketones is 1. The number of ether oxygens (including phenoxy) is 1. The Balaban J connectivity index is 1.27. The highest BCUT2D eigenvalue weighted by atomic mass is 35.5. The molecule has 5 rings (SSSR count). The number of morpholine rings is 1. The summed E-state index contributed by atoms with van der Waals surface area (Å²) in [6.07, 6.45) is 1.93. The van der Waals surface area contributed by atoms with Gasteiger partial charge in [0.2, 0.25) is 5.91 Å². The van der Waals surface area contributed by atoms with Crippen molar-refractivity contribution in [2.45, 2.75) is 24.8 Å². The van der Waals surface area contributed by atoms with E-state index in [-0.39, 0.29) is 18.1 Å². The van der Waals surface area contributed by atoms with Gasteiger partial charge in [-0.1, -0.05) is 66.2 Å². The number of carbonyl (C=O) groups excluding carboxylic acids is 2. The average Bonchev–Trinajstić information content (AvgIpc) is 3.69. The van der Waals surface area contributed by atoms with Crippen molar-refractivity contribution in [2.75, 3.05) is 31.6 Å². The molecule has 0 aromatic heterocycles. The Hall–Kier alpha value is -2.99. The fourth-order valence-electron chi connectivity index (χ4n) is 4.56. The summed E-state index contributed by atoms with van der Waals surface area (Å²) in [5.74, 6) is -0.0775. The number of benzene rings is 3. The molecule has 0 radical (unpaired) electrons. The fourth-order valence-corrected chi connectivity index (χ4v) is 4.73. The van der Waals surface area contributed by atoms with E-state index in [9.17, 15) is 9.59 Å². The summed E-state index contributed by atoms with van der Waals surface area (Å²) in [5, 5.41) is 3.42. The number of hydrogen-bond donors (Lipinski definition) is 1. The Morgan fingerprint density at radius 2 is 1.59 bits per heavy atom. The van der Waals surface area contributed by atoms with Crippen LogP contribution in [-0.2, 0) is 16.0 Å². The highest BCUT2D eigenvalue weighted by Gasteiger charge is 2.54. The molecule has 0 atom stereocenters. The average molecular weight is 475 g/mol. The zero-order valence-electron chi connectivity index (χ0n) is 18.9. The number of hydrogen-bond acceptors (Lipinski definition) is 4. The molecular formula is C28H27ClN2O3. The normalized spacial score (nSPS) is 17.2. The van der Waals surface area contributed by atoms with Gasteiger partial charge in [0, 0.05) is 25.1 Å². The highest BCUT2D eigenvalue weighted by molar-refractivity contribution is 6.34. The zero-order valence-corrected chi connectivity index (χ0v) is 19.7. The minimum Gasteiger partial charge on any atom is -0.379 e. The van der Waals surface area contributed by atoms with E-state index in [0.717, 1.165) is 42.6 Å². The lowest BCUT2D eigenvalue weighted by atomic mass is 9.99. The maximum Gasteiger partial charge on any atom is 0.244 e. The molecule has 0 spiro atoms. The quantitative estimate of drug-likeness (QED) is 0.476. The Bertz CT molecular complexity index is 1180. The Kier molecular flexibility index (Phi) is 6.50. The summed E-state index contributed by atoms with van der Waals surface area (Å²) in [6, 6.07) is 23.3. The molecule has 0 unspecified atom stereocenters. The van der Waals surface area contributed by atoms with Crippen LogP contribution in [-0.4, -0.2) is 48.4 Å². The Morgan fingerprint density at radius 1 is 0.912 bits per heavy atom. The smallest absolute Gasteiger partial charge is 0.244 e. The SMILES string of the molecule is O=C(Cc1ccc(-c2ccccc2)cc1)c1ccc(Cl)c(NC(=O)C2(N3CCOCC3)CC2)c1. The van der Waals surface area contributed by atoms with Crippen LogP contribution in [0.15, 0.2) is 72.8 Å². The van der Waals surface area contributed by atoms with Gasteiger partial charge in [0.1, 0.15) is 5.54 Å². The molecule has 1 saturated carbocycles. The predicted molar refractivity (Wildman–Crippen MR) is 134 cm³/mol. The number of anilines is 1. The minimum atomic E-state index is -0.479. The number of Topliss-reactive ketones (excluding diaryl/α,β-unsaturated/α-hetero) is 1. The third-order valence-electron chi connectivity index (χ3n) is 6.72. The maximum atomic E-state index is 13.1. The molecule has 2 fully saturated rings. The van der Waals surface area contributed by atoms with E-state index in [1.807, 2.05) is 42.5 Å². The fraction of sp³-hybridized carbons (Fsp3) is 0.286. The van der Waals surface area contributed by atoms with Crippen molar-refractivity contribution in [3.63, 3.8) is 0 Å². The van der Waals surface area contributed by atoms with Gasteiger partial charge in [0.15, 0.2) is 5.78 Å². The van der Waals surface area contributed by atoms with Crippen LogP contribution in [0.2, 0.25) is 5.02 Å². The number of nitrogens with one attached hydrogen (secondary N) is 1. The van der Waals surface area contributed by atoms with E-state index in [2.05, 4.69) is 22.3 Å². The summed E-state index contributed by atoms with van der Waals surface area (Å²) in [5.41, 5.74) is 3.73. The van der Waals surface area contributed by atoms with Crippen molar-refractivity contribution in [2.24, 2.45) is 0 Å². The molecule has 0 bridgehead atoms. The summed E-state index contributed by atoms with van der Waals surface area (Å²) >= 11 is 6.38. The number of rotatable bonds is 7. The first kappa shape index (κ1) is 22.8. The van der Waals surface area contributed by atoms with Crippen molar-refractivity contribution in [1.29, 1.82) is 0 Å². The van der Waals surface area contributed by atoms with Crippen LogP contribution in [0.5, 0.6) is 0 Å². The van der Waals surface area contributed by atoms with Gasteiger partial charge in [0.05, 0.1) is 23.9 Å². The molecule has 1 N–H and O–H groups in total. The number of carbonyl (C=O) groups is 2. The molecule has 3 aromatic carbocycles. The van der Waals surface area contributed by atoms with E-state index >= 15 is 0 Å². The van der Waals surface area contributed by atoms with Gasteiger partial charge in [-0.05, 0) is 47.7 Å². The summed E-state index contributed by atoms with van der Waals surface area (Å²) in [4.78, 5) is 28.3. The Labute approximate surface area is 204 Å². The van der Waals surface area contributed by atoms with E-state index in [0.29, 0.717) is 29.5 Å². The molecule has 6 heteroatoms. The van der Waals surface area contributed by atoms with Crippen LogP contribution in [0.4, 0.5) is 5.69 Å². The van der Waals surface area contributed by atoms with Gasteiger partial charge >= 0.3 is 0 Å². The largest absolute Gasteiger partial charge is 0.379 e. The summed E-state index contributed by atoms with van der Waals surface area (Å²) in [6.45, 7) is 2.80. The molecule has 174 valence electrons. The number of amides is 1.